The molecule has 0 radical (unpaired) electrons. The van der Waals surface area contributed by atoms with E-state index in [0.29, 0.717) is 0 Å². The Labute approximate surface area is 213 Å². The average Bonchev–Trinajstić information content (AvgIpc) is 2.91. The van der Waals surface area contributed by atoms with E-state index in [1.807, 2.05) is 18.2 Å². The van der Waals surface area contributed by atoms with Crippen molar-refractivity contribution in [2.75, 3.05) is 0 Å². The van der Waals surface area contributed by atoms with Crippen LogP contribution in [-0.2, 0) is 23.8 Å². The summed E-state index contributed by atoms with van der Waals surface area (Å²) in [5.41, 5.74) is 9.26. The highest BCUT2D eigenvalue weighted by atomic mass is 31.1. The molecule has 5 aromatic rings. The van der Waals surface area contributed by atoms with Gasteiger partial charge >= 0.3 is 0 Å². The van der Waals surface area contributed by atoms with Crippen molar-refractivity contribution in [1.82, 2.24) is 0 Å². The van der Waals surface area contributed by atoms with Gasteiger partial charge in [-0.15, -0.1) is 0 Å². The van der Waals surface area contributed by atoms with Gasteiger partial charge in [0.25, 0.3) is 8.03 Å². The molecule has 0 saturated carbocycles. The Morgan fingerprint density at radius 2 is 1.06 bits per heavy atom. The standard InChI is InChI=1S/C33H27O2P/c34-36-32-23-27(18-24-10-4-1-5-11-24)16-17-30(32)31-22-28(19-25-12-6-2-7-13-25)21-29(33(31)35-36)20-26-14-8-3-9-15-26/h1-17,21-23,36H,18-20H2. The molecule has 2 nitrogen and oxygen atoms in total. The summed E-state index contributed by atoms with van der Waals surface area (Å²) in [5, 5.41) is 0.823. The molecular formula is C33H27O2P. The van der Waals surface area contributed by atoms with Gasteiger partial charge in [0, 0.05) is 12.0 Å². The predicted octanol–water partition coefficient (Wildman–Crippen LogP) is 7.62. The molecule has 1 aliphatic heterocycles. The number of benzene rings is 5. The summed E-state index contributed by atoms with van der Waals surface area (Å²) in [6.07, 6.45) is 2.39. The minimum Gasteiger partial charge on any atom is -0.441 e. The second kappa shape index (κ2) is 10.0. The van der Waals surface area contributed by atoms with E-state index in [1.165, 1.54) is 22.3 Å². The van der Waals surface area contributed by atoms with Crippen molar-refractivity contribution in [1.29, 1.82) is 0 Å². The van der Waals surface area contributed by atoms with E-state index in [-0.39, 0.29) is 0 Å². The largest absolute Gasteiger partial charge is 0.441 e. The first-order valence-corrected chi connectivity index (χ1v) is 13.7. The van der Waals surface area contributed by atoms with E-state index in [1.54, 1.807) is 0 Å². The van der Waals surface area contributed by atoms with E-state index >= 15 is 0 Å². The van der Waals surface area contributed by atoms with Crippen molar-refractivity contribution in [2.45, 2.75) is 19.3 Å². The van der Waals surface area contributed by atoms with Crippen LogP contribution in [-0.4, -0.2) is 0 Å². The van der Waals surface area contributed by atoms with E-state index in [0.717, 1.165) is 52.6 Å². The Morgan fingerprint density at radius 1 is 0.500 bits per heavy atom. The molecule has 0 amide bonds. The van der Waals surface area contributed by atoms with Gasteiger partial charge < -0.3 is 4.52 Å². The van der Waals surface area contributed by atoms with Crippen molar-refractivity contribution in [2.24, 2.45) is 0 Å². The number of fused-ring (bicyclic) bond motifs is 3. The van der Waals surface area contributed by atoms with E-state index in [2.05, 4.69) is 103 Å². The van der Waals surface area contributed by atoms with Gasteiger partial charge in [0.05, 0.1) is 5.30 Å². The van der Waals surface area contributed by atoms with Crippen LogP contribution in [0.4, 0.5) is 0 Å². The van der Waals surface area contributed by atoms with E-state index in [4.69, 9.17) is 4.52 Å². The molecule has 6 rings (SSSR count). The first-order valence-electron chi connectivity index (χ1n) is 12.4. The van der Waals surface area contributed by atoms with E-state index in [9.17, 15) is 4.57 Å². The van der Waals surface area contributed by atoms with Crippen LogP contribution in [0, 0.1) is 0 Å². The van der Waals surface area contributed by atoms with Crippen LogP contribution < -0.4 is 9.83 Å². The third kappa shape index (κ3) is 4.78. The molecular weight excluding hydrogens is 459 g/mol. The lowest BCUT2D eigenvalue weighted by atomic mass is 9.91. The maximum Gasteiger partial charge on any atom is 0.266 e. The van der Waals surface area contributed by atoms with Crippen LogP contribution in [0.1, 0.15) is 33.4 Å². The molecule has 0 bridgehead atoms. The lowest BCUT2D eigenvalue weighted by Gasteiger charge is -2.25. The molecule has 5 aromatic carbocycles. The van der Waals surface area contributed by atoms with Gasteiger partial charge in [-0.25, -0.2) is 0 Å². The minimum absolute atomic E-state index is 0.738. The maximum absolute atomic E-state index is 13.4. The average molecular weight is 487 g/mol. The molecule has 1 heterocycles. The van der Waals surface area contributed by atoms with Gasteiger partial charge in [0.2, 0.25) is 0 Å². The Morgan fingerprint density at radius 3 is 1.67 bits per heavy atom. The zero-order valence-electron chi connectivity index (χ0n) is 20.0. The highest BCUT2D eigenvalue weighted by molar-refractivity contribution is 7.49. The zero-order valence-corrected chi connectivity index (χ0v) is 21.0. The monoisotopic (exact) mass is 486 g/mol. The maximum atomic E-state index is 13.4. The summed E-state index contributed by atoms with van der Waals surface area (Å²) in [6.45, 7) is 0. The highest BCUT2D eigenvalue weighted by Gasteiger charge is 2.26. The molecule has 0 fully saturated rings. The van der Waals surface area contributed by atoms with Crippen LogP contribution in [0.5, 0.6) is 5.75 Å². The second-order valence-electron chi connectivity index (χ2n) is 9.39. The summed E-state index contributed by atoms with van der Waals surface area (Å²) in [7, 11) is -2.41. The van der Waals surface area contributed by atoms with Gasteiger partial charge in [0.1, 0.15) is 5.75 Å². The van der Waals surface area contributed by atoms with Crippen molar-refractivity contribution in [3.05, 3.63) is 155 Å². The summed E-state index contributed by atoms with van der Waals surface area (Å²) in [5.74, 6) is 0.767. The summed E-state index contributed by atoms with van der Waals surface area (Å²) >= 11 is 0. The second-order valence-corrected chi connectivity index (χ2v) is 10.7. The lowest BCUT2D eigenvalue weighted by molar-refractivity contribution is 0.510. The van der Waals surface area contributed by atoms with Crippen molar-refractivity contribution in [3.63, 3.8) is 0 Å². The highest BCUT2D eigenvalue weighted by Crippen LogP contribution is 2.46. The fourth-order valence-electron chi connectivity index (χ4n) is 5.04. The van der Waals surface area contributed by atoms with Gasteiger partial charge in [-0.05, 0) is 63.9 Å². The summed E-state index contributed by atoms with van der Waals surface area (Å²) < 4.78 is 19.6. The van der Waals surface area contributed by atoms with Crippen LogP contribution in [0.3, 0.4) is 0 Å². The summed E-state index contributed by atoms with van der Waals surface area (Å²) in [6, 6.07) is 42.2. The predicted molar refractivity (Wildman–Crippen MR) is 149 cm³/mol. The van der Waals surface area contributed by atoms with Gasteiger partial charge in [0.15, 0.2) is 0 Å². The number of hydrogen-bond donors (Lipinski definition) is 0. The van der Waals surface area contributed by atoms with Gasteiger partial charge in [-0.1, -0.05) is 109 Å². The summed E-state index contributed by atoms with van der Waals surface area (Å²) in [4.78, 5) is 0. The fraction of sp³-hybridized carbons (Fsp3) is 0.0909. The van der Waals surface area contributed by atoms with Gasteiger partial charge in [-0.3, -0.25) is 4.57 Å². The van der Waals surface area contributed by atoms with Crippen molar-refractivity contribution >= 4 is 13.3 Å². The minimum atomic E-state index is -2.41. The molecule has 0 saturated heterocycles. The number of hydrogen-bond acceptors (Lipinski definition) is 2. The third-order valence-electron chi connectivity index (χ3n) is 6.75. The molecule has 176 valence electrons. The van der Waals surface area contributed by atoms with Crippen LogP contribution in [0.25, 0.3) is 11.1 Å². The quantitative estimate of drug-likeness (QED) is 0.231. The Hall–Kier alpha value is -3.87. The molecule has 1 unspecified atom stereocenters. The smallest absolute Gasteiger partial charge is 0.266 e. The van der Waals surface area contributed by atoms with Crippen LogP contribution in [0.15, 0.2) is 121 Å². The molecule has 1 aliphatic rings. The first kappa shape index (κ1) is 22.6. The molecule has 1 atom stereocenters. The first-order chi connectivity index (χ1) is 17.7. The van der Waals surface area contributed by atoms with Crippen molar-refractivity contribution in [3.8, 4) is 16.9 Å². The van der Waals surface area contributed by atoms with Crippen LogP contribution >= 0.6 is 8.03 Å². The third-order valence-corrected chi connectivity index (χ3v) is 8.00. The fourth-order valence-corrected chi connectivity index (χ4v) is 6.32. The van der Waals surface area contributed by atoms with E-state index < -0.39 is 8.03 Å². The molecule has 0 N–H and O–H groups in total. The van der Waals surface area contributed by atoms with Crippen LogP contribution in [0.2, 0.25) is 0 Å². The Bertz CT molecular complexity index is 1530. The molecule has 3 heteroatoms. The van der Waals surface area contributed by atoms with Gasteiger partial charge in [-0.2, -0.15) is 0 Å². The lowest BCUT2D eigenvalue weighted by Crippen LogP contribution is -2.13. The van der Waals surface area contributed by atoms with Crippen molar-refractivity contribution < 1.29 is 9.09 Å². The zero-order chi connectivity index (χ0) is 24.3. The number of rotatable bonds is 6. The topological polar surface area (TPSA) is 26.3 Å². The SMILES string of the molecule is O=[PH]1Oc2c(Cc3ccccc3)cc(Cc3ccccc3)cc2-c2ccc(Cc3ccccc3)cc21. The Kier molecular flexibility index (Phi) is 6.28. The molecule has 36 heavy (non-hydrogen) atoms. The molecule has 0 spiro atoms. The Balaban J connectivity index is 1.43. The molecule has 0 aliphatic carbocycles. The molecule has 0 aromatic heterocycles. The normalized spacial score (nSPS) is 13.9.